The zero-order valence-corrected chi connectivity index (χ0v) is 29.6. The van der Waals surface area contributed by atoms with Gasteiger partial charge in [-0.1, -0.05) is 48.5 Å². The first-order valence-corrected chi connectivity index (χ1v) is 17.9. The third-order valence-electron chi connectivity index (χ3n) is 9.65. The van der Waals surface area contributed by atoms with Crippen LogP contribution in [0.1, 0.15) is 0 Å². The van der Waals surface area contributed by atoms with Crippen LogP contribution in [0.5, 0.6) is 23.0 Å². The maximum atomic E-state index is 6.48. The van der Waals surface area contributed by atoms with Gasteiger partial charge < -0.3 is 14.0 Å². The van der Waals surface area contributed by atoms with Crippen molar-refractivity contribution in [3.63, 3.8) is 0 Å². The number of benzene rings is 5. The van der Waals surface area contributed by atoms with Gasteiger partial charge in [0.15, 0.2) is 0 Å². The summed E-state index contributed by atoms with van der Waals surface area (Å²) in [7, 11) is 2.01. The second-order valence-corrected chi connectivity index (χ2v) is 13.1. The van der Waals surface area contributed by atoms with Crippen LogP contribution in [0.15, 0.2) is 170 Å². The van der Waals surface area contributed by atoms with Crippen molar-refractivity contribution in [1.29, 1.82) is 0 Å². The Balaban J connectivity index is 1.07. The average Bonchev–Trinajstić information content (AvgIpc) is 3.75. The van der Waals surface area contributed by atoms with Crippen molar-refractivity contribution < 1.29 is 9.47 Å². The van der Waals surface area contributed by atoms with Crippen molar-refractivity contribution in [1.82, 2.24) is 34.1 Å². The van der Waals surface area contributed by atoms with Gasteiger partial charge >= 0.3 is 0 Å². The molecule has 0 spiro atoms. The quantitative estimate of drug-likeness (QED) is 0.155. The first kappa shape index (κ1) is 32.0. The standard InChI is InChI=1S/C46H31N7O2/c1-52-42-17-3-2-16-41(42)51-45(52)32-28-49-46(50-29-32)53-43-26-35(54-33-12-8-10-30(24-33)39-14-4-6-22-47-39)18-20-37(43)38-21-19-36(27-44(38)53)55-34-13-9-11-31(25-34)40-15-5-7-23-48-40/h2-29H,1H3. The normalized spacial score (nSPS) is 11.4. The highest BCUT2D eigenvalue weighted by Crippen LogP contribution is 2.38. The lowest BCUT2D eigenvalue weighted by atomic mass is 10.1. The summed E-state index contributed by atoms with van der Waals surface area (Å²) in [5, 5.41) is 2.05. The molecule has 5 heterocycles. The number of para-hydroxylation sites is 2. The molecule has 5 aromatic carbocycles. The van der Waals surface area contributed by atoms with Crippen molar-refractivity contribution >= 4 is 32.8 Å². The van der Waals surface area contributed by atoms with E-state index < -0.39 is 0 Å². The van der Waals surface area contributed by atoms with E-state index in [1.165, 1.54) is 0 Å². The van der Waals surface area contributed by atoms with E-state index in [9.17, 15) is 0 Å². The molecule has 0 bridgehead atoms. The monoisotopic (exact) mass is 713 g/mol. The van der Waals surface area contributed by atoms with Gasteiger partial charge in [0.05, 0.1) is 39.0 Å². The molecule has 5 aromatic heterocycles. The number of imidazole rings is 1. The maximum absolute atomic E-state index is 6.48. The summed E-state index contributed by atoms with van der Waals surface area (Å²) in [5.41, 5.74) is 8.26. The highest BCUT2D eigenvalue weighted by molar-refractivity contribution is 6.09. The van der Waals surface area contributed by atoms with Crippen LogP contribution in [-0.2, 0) is 7.05 Å². The third-order valence-corrected chi connectivity index (χ3v) is 9.65. The molecule has 0 saturated carbocycles. The predicted molar refractivity (Wildman–Crippen MR) is 216 cm³/mol. The van der Waals surface area contributed by atoms with E-state index in [1.54, 1.807) is 12.4 Å². The second kappa shape index (κ2) is 13.4. The van der Waals surface area contributed by atoms with Crippen molar-refractivity contribution in [2.24, 2.45) is 7.05 Å². The Kier molecular flexibility index (Phi) is 7.80. The maximum Gasteiger partial charge on any atom is 0.234 e. The molecule has 0 saturated heterocycles. The molecular weight excluding hydrogens is 683 g/mol. The van der Waals surface area contributed by atoms with Crippen LogP contribution in [0.3, 0.4) is 0 Å². The van der Waals surface area contributed by atoms with Gasteiger partial charge in [-0.25, -0.2) is 15.0 Å². The minimum atomic E-state index is 0.506. The molecule has 55 heavy (non-hydrogen) atoms. The molecule has 0 amide bonds. The Labute approximate surface area is 315 Å². The Hall–Kier alpha value is -7.65. The summed E-state index contributed by atoms with van der Waals surface area (Å²) in [6.07, 6.45) is 7.24. The minimum absolute atomic E-state index is 0.506. The first-order chi connectivity index (χ1) is 27.1. The molecule has 0 N–H and O–H groups in total. The highest BCUT2D eigenvalue weighted by Gasteiger charge is 2.18. The number of hydrogen-bond acceptors (Lipinski definition) is 7. The molecule has 0 fully saturated rings. The Morgan fingerprint density at radius 2 is 1.00 bits per heavy atom. The lowest BCUT2D eigenvalue weighted by molar-refractivity contribution is 0.483. The summed E-state index contributed by atoms with van der Waals surface area (Å²) >= 11 is 0. The molecule has 9 heteroatoms. The fourth-order valence-corrected chi connectivity index (χ4v) is 7.05. The number of aromatic nitrogens is 7. The van der Waals surface area contributed by atoms with Crippen molar-refractivity contribution in [3.8, 4) is 62.8 Å². The van der Waals surface area contributed by atoms with Crippen molar-refractivity contribution in [2.45, 2.75) is 0 Å². The van der Waals surface area contributed by atoms with Crippen molar-refractivity contribution in [2.75, 3.05) is 0 Å². The van der Waals surface area contributed by atoms with E-state index in [0.29, 0.717) is 28.9 Å². The van der Waals surface area contributed by atoms with E-state index in [1.807, 2.05) is 147 Å². The topological polar surface area (TPSA) is 92.8 Å². The second-order valence-electron chi connectivity index (χ2n) is 13.1. The molecular formula is C46H31N7O2. The SMILES string of the molecule is Cn1c(-c2cnc(-n3c4cc(Oc5cccc(-c6ccccn6)c5)ccc4c4ccc(Oc5cccc(-c6ccccn6)c5)cc43)nc2)nc2ccccc21. The van der Waals surface area contributed by atoms with Gasteiger partial charge in [0.2, 0.25) is 5.95 Å². The summed E-state index contributed by atoms with van der Waals surface area (Å²) in [5.74, 6) is 4.06. The van der Waals surface area contributed by atoms with Crippen LogP contribution in [0, 0.1) is 0 Å². The first-order valence-electron chi connectivity index (χ1n) is 17.9. The molecule has 10 aromatic rings. The third kappa shape index (κ3) is 5.99. The zero-order valence-electron chi connectivity index (χ0n) is 29.6. The zero-order chi connectivity index (χ0) is 36.7. The Morgan fingerprint density at radius 1 is 0.455 bits per heavy atom. The van der Waals surface area contributed by atoms with Crippen LogP contribution >= 0.6 is 0 Å². The average molecular weight is 714 g/mol. The van der Waals surface area contributed by atoms with E-state index in [0.717, 1.165) is 66.7 Å². The highest BCUT2D eigenvalue weighted by atomic mass is 16.5. The van der Waals surface area contributed by atoms with Gasteiger partial charge in [0.1, 0.15) is 28.8 Å². The number of ether oxygens (including phenoxy) is 2. The number of pyridine rings is 2. The molecule has 0 aliphatic rings. The summed E-state index contributed by atoms with van der Waals surface area (Å²) in [6.45, 7) is 0. The summed E-state index contributed by atoms with van der Waals surface area (Å²) < 4.78 is 17.1. The summed E-state index contributed by atoms with van der Waals surface area (Å²) in [6, 6.07) is 47.9. The van der Waals surface area contributed by atoms with Crippen LogP contribution in [0.25, 0.3) is 72.7 Å². The van der Waals surface area contributed by atoms with Crippen LogP contribution in [0.2, 0.25) is 0 Å². The fraction of sp³-hybridized carbons (Fsp3) is 0.0217. The van der Waals surface area contributed by atoms with Gasteiger partial charge in [-0.15, -0.1) is 0 Å². The number of nitrogens with zero attached hydrogens (tertiary/aromatic N) is 7. The number of fused-ring (bicyclic) bond motifs is 4. The molecule has 9 nitrogen and oxygen atoms in total. The molecule has 0 aliphatic heterocycles. The molecule has 0 aliphatic carbocycles. The Morgan fingerprint density at radius 3 is 1.55 bits per heavy atom. The predicted octanol–water partition coefficient (Wildman–Crippen LogP) is 10.8. The summed E-state index contributed by atoms with van der Waals surface area (Å²) in [4.78, 5) is 23.7. The van der Waals surface area contributed by atoms with Gasteiger partial charge in [0.25, 0.3) is 0 Å². The van der Waals surface area contributed by atoms with E-state index in [2.05, 4.69) is 37.3 Å². The molecule has 0 radical (unpaired) electrons. The number of rotatable bonds is 8. The number of hydrogen-bond donors (Lipinski definition) is 0. The lowest BCUT2D eigenvalue weighted by Gasteiger charge is -2.11. The minimum Gasteiger partial charge on any atom is -0.457 e. The van der Waals surface area contributed by atoms with Crippen LogP contribution in [0.4, 0.5) is 0 Å². The van der Waals surface area contributed by atoms with E-state index in [-0.39, 0.29) is 0 Å². The van der Waals surface area contributed by atoms with Gasteiger partial charge in [0, 0.05) is 65.9 Å². The lowest BCUT2D eigenvalue weighted by Crippen LogP contribution is -2.02. The van der Waals surface area contributed by atoms with Gasteiger partial charge in [-0.05, 0) is 84.9 Å². The molecule has 0 unspecified atom stereocenters. The molecule has 10 rings (SSSR count). The smallest absolute Gasteiger partial charge is 0.234 e. The van der Waals surface area contributed by atoms with Crippen LogP contribution in [-0.4, -0.2) is 34.1 Å². The Bertz CT molecular complexity index is 2850. The van der Waals surface area contributed by atoms with Gasteiger partial charge in [-0.2, -0.15) is 0 Å². The van der Waals surface area contributed by atoms with E-state index in [4.69, 9.17) is 24.4 Å². The van der Waals surface area contributed by atoms with E-state index >= 15 is 0 Å². The molecule has 262 valence electrons. The van der Waals surface area contributed by atoms with Crippen LogP contribution < -0.4 is 9.47 Å². The van der Waals surface area contributed by atoms with Gasteiger partial charge in [-0.3, -0.25) is 14.5 Å². The number of aryl methyl sites for hydroxylation is 1. The largest absolute Gasteiger partial charge is 0.457 e. The fourth-order valence-electron chi connectivity index (χ4n) is 7.05. The van der Waals surface area contributed by atoms with Crippen molar-refractivity contribution in [3.05, 3.63) is 170 Å². The molecule has 0 atom stereocenters.